The lowest BCUT2D eigenvalue weighted by molar-refractivity contribution is -0.192. The van der Waals surface area contributed by atoms with Crippen molar-refractivity contribution in [3.63, 3.8) is 0 Å². The van der Waals surface area contributed by atoms with Crippen molar-refractivity contribution < 1.29 is 32.6 Å². The van der Waals surface area contributed by atoms with Crippen molar-refractivity contribution in [3.8, 4) is 0 Å². The number of para-hydroxylation sites is 1. The number of methoxy groups -OCH3 is 1. The zero-order valence-electron chi connectivity index (χ0n) is 18.5. The highest BCUT2D eigenvalue weighted by Gasteiger charge is 2.51. The monoisotopic (exact) mass is 484 g/mol. The number of hydrogen-bond donors (Lipinski definition) is 1. The van der Waals surface area contributed by atoms with Crippen molar-refractivity contribution in [2.45, 2.75) is 37.9 Å². The van der Waals surface area contributed by atoms with Crippen molar-refractivity contribution >= 4 is 28.9 Å². The van der Waals surface area contributed by atoms with Gasteiger partial charge in [0.2, 0.25) is 5.91 Å². The Morgan fingerprint density at radius 3 is 2.36 bits per heavy atom. The number of alkyl halides is 3. The summed E-state index contributed by atoms with van der Waals surface area (Å²) >= 11 is 1.87. The van der Waals surface area contributed by atoms with Gasteiger partial charge in [0.1, 0.15) is 0 Å². The first-order chi connectivity index (χ1) is 15.6. The van der Waals surface area contributed by atoms with E-state index in [0.717, 1.165) is 38.2 Å². The molecule has 4 rings (SSSR count). The maximum atomic E-state index is 13.4. The van der Waals surface area contributed by atoms with Crippen LogP contribution < -0.4 is 4.90 Å². The number of fused-ring (bicyclic) bond motifs is 2. The summed E-state index contributed by atoms with van der Waals surface area (Å²) in [5, 5.41) is 7.12. The Morgan fingerprint density at radius 2 is 1.82 bits per heavy atom. The molecule has 3 heterocycles. The molecule has 0 unspecified atom stereocenters. The zero-order chi connectivity index (χ0) is 24.2. The van der Waals surface area contributed by atoms with Gasteiger partial charge in [-0.05, 0) is 56.6 Å². The summed E-state index contributed by atoms with van der Waals surface area (Å²) in [6.07, 6.45) is -3.28. The molecule has 1 spiro atoms. The lowest BCUT2D eigenvalue weighted by Crippen LogP contribution is -2.48. The number of carbonyl (C=O) groups is 2. The number of thiophene rings is 1. The molecular formula is C23H27F3N2O4S. The Labute approximate surface area is 194 Å². The minimum absolute atomic E-state index is 0.266. The van der Waals surface area contributed by atoms with E-state index in [0.29, 0.717) is 13.2 Å². The van der Waals surface area contributed by atoms with Crippen LogP contribution in [0.5, 0.6) is 0 Å². The average Bonchev–Trinajstić information content (AvgIpc) is 3.28. The van der Waals surface area contributed by atoms with Gasteiger partial charge in [-0.2, -0.15) is 13.2 Å². The summed E-state index contributed by atoms with van der Waals surface area (Å²) < 4.78 is 37.0. The molecule has 33 heavy (non-hydrogen) atoms. The molecule has 180 valence electrons. The van der Waals surface area contributed by atoms with Crippen molar-refractivity contribution in [1.82, 2.24) is 4.90 Å². The molecule has 0 saturated carbocycles. The molecule has 10 heteroatoms. The third kappa shape index (κ3) is 5.56. The molecule has 1 aromatic heterocycles. The number of piperidine rings is 1. The minimum atomic E-state index is -5.08. The molecule has 2 aliphatic heterocycles. The summed E-state index contributed by atoms with van der Waals surface area (Å²) in [5.74, 6) is -2.49. The maximum Gasteiger partial charge on any atom is 0.490 e. The van der Waals surface area contributed by atoms with Crippen molar-refractivity contribution in [1.29, 1.82) is 0 Å². The second-order valence-corrected chi connectivity index (χ2v) is 9.51. The van der Waals surface area contributed by atoms with Crippen molar-refractivity contribution in [2.24, 2.45) is 0 Å². The highest BCUT2D eigenvalue weighted by atomic mass is 32.1. The van der Waals surface area contributed by atoms with Gasteiger partial charge in [-0.25, -0.2) is 4.79 Å². The quantitative estimate of drug-likeness (QED) is 0.688. The van der Waals surface area contributed by atoms with Gasteiger partial charge in [-0.3, -0.25) is 9.69 Å². The first-order valence-electron chi connectivity index (χ1n) is 10.6. The largest absolute Gasteiger partial charge is 0.490 e. The Bertz CT molecular complexity index is 984. The van der Waals surface area contributed by atoms with Crippen LogP contribution in [0.25, 0.3) is 0 Å². The number of benzene rings is 1. The fourth-order valence-electron chi connectivity index (χ4n) is 4.37. The van der Waals surface area contributed by atoms with Crippen LogP contribution in [0.1, 0.15) is 28.2 Å². The number of amides is 1. The molecule has 1 amide bonds. The highest BCUT2D eigenvalue weighted by Crippen LogP contribution is 2.48. The molecule has 1 saturated heterocycles. The van der Waals surface area contributed by atoms with E-state index in [2.05, 4.69) is 42.2 Å². The normalized spacial score (nSPS) is 17.6. The van der Waals surface area contributed by atoms with Gasteiger partial charge < -0.3 is 14.7 Å². The van der Waals surface area contributed by atoms with Gasteiger partial charge in [-0.1, -0.05) is 18.2 Å². The van der Waals surface area contributed by atoms with Crippen LogP contribution in [0.15, 0.2) is 36.4 Å². The molecule has 2 aromatic rings. The van der Waals surface area contributed by atoms with Gasteiger partial charge in [-0.15, -0.1) is 11.3 Å². The molecule has 0 aliphatic carbocycles. The first kappa shape index (κ1) is 25.2. The summed E-state index contributed by atoms with van der Waals surface area (Å²) in [5.41, 5.74) is 1.95. The second kappa shape index (κ2) is 10.2. The number of ether oxygens (including phenoxy) is 1. The molecular weight excluding hydrogens is 457 g/mol. The van der Waals surface area contributed by atoms with Crippen LogP contribution in [-0.4, -0.2) is 61.4 Å². The molecule has 1 aromatic carbocycles. The molecule has 0 bridgehead atoms. The van der Waals surface area contributed by atoms with Crippen LogP contribution in [0.3, 0.4) is 0 Å². The Balaban J connectivity index is 0.000000383. The lowest BCUT2D eigenvalue weighted by atomic mass is 9.73. The number of carboxylic acid groups (broad SMARTS) is 1. The number of aryl methyl sites for hydroxylation is 1. The number of likely N-dealkylation sites (tertiary alicyclic amines) is 1. The van der Waals surface area contributed by atoms with E-state index in [4.69, 9.17) is 14.6 Å². The van der Waals surface area contributed by atoms with Crippen molar-refractivity contribution in [3.05, 3.63) is 51.7 Å². The number of carboxylic acids is 1. The van der Waals surface area contributed by atoms with Gasteiger partial charge in [0.25, 0.3) is 0 Å². The topological polar surface area (TPSA) is 70.1 Å². The molecule has 2 aliphatic rings. The Kier molecular flexibility index (Phi) is 7.81. The molecule has 1 N–H and O–H groups in total. The number of rotatable bonds is 5. The summed E-state index contributed by atoms with van der Waals surface area (Å²) in [7, 11) is 1.69. The zero-order valence-corrected chi connectivity index (χ0v) is 19.3. The summed E-state index contributed by atoms with van der Waals surface area (Å²) in [6, 6.07) is 12.7. The molecule has 6 nitrogen and oxygen atoms in total. The van der Waals surface area contributed by atoms with Crippen LogP contribution in [0.2, 0.25) is 0 Å². The van der Waals surface area contributed by atoms with E-state index in [-0.39, 0.29) is 11.3 Å². The lowest BCUT2D eigenvalue weighted by Gasteiger charge is -2.38. The smallest absolute Gasteiger partial charge is 0.475 e. The third-order valence-electron chi connectivity index (χ3n) is 6.01. The fourth-order valence-corrected chi connectivity index (χ4v) is 5.30. The van der Waals surface area contributed by atoms with Crippen molar-refractivity contribution in [2.75, 3.05) is 38.3 Å². The fraction of sp³-hybridized carbons (Fsp3) is 0.478. The Hall–Kier alpha value is -2.43. The average molecular weight is 485 g/mol. The van der Waals surface area contributed by atoms with Crippen LogP contribution in [0, 0.1) is 6.92 Å². The van der Waals surface area contributed by atoms with Gasteiger partial charge >= 0.3 is 12.1 Å². The molecule has 0 atom stereocenters. The summed E-state index contributed by atoms with van der Waals surface area (Å²) in [4.78, 5) is 29.5. The highest BCUT2D eigenvalue weighted by molar-refractivity contribution is 7.11. The van der Waals surface area contributed by atoms with Gasteiger partial charge in [0.05, 0.1) is 12.0 Å². The molecule has 0 radical (unpaired) electrons. The summed E-state index contributed by atoms with van der Waals surface area (Å²) in [6.45, 7) is 6.29. The van der Waals surface area contributed by atoms with Crippen LogP contribution in [0.4, 0.5) is 18.9 Å². The Morgan fingerprint density at radius 1 is 1.18 bits per heavy atom. The SMILES string of the molecule is COCCN1C(=O)C2(CCN(Cc3ccc(C)s3)CC2)c2ccccc21.O=C(O)C(F)(F)F. The second-order valence-electron chi connectivity index (χ2n) is 8.14. The minimum Gasteiger partial charge on any atom is -0.475 e. The number of anilines is 1. The van der Waals surface area contributed by atoms with E-state index in [9.17, 15) is 18.0 Å². The van der Waals surface area contributed by atoms with Gasteiger partial charge in [0, 0.05) is 35.6 Å². The number of aliphatic carboxylic acids is 1. The third-order valence-corrected chi connectivity index (χ3v) is 7.00. The van der Waals surface area contributed by atoms with Crippen LogP contribution >= 0.6 is 11.3 Å². The van der Waals surface area contributed by atoms with E-state index in [1.807, 2.05) is 22.3 Å². The number of hydrogen-bond acceptors (Lipinski definition) is 5. The van der Waals surface area contributed by atoms with Crippen LogP contribution in [-0.2, 0) is 26.3 Å². The number of carbonyl (C=O) groups excluding carboxylic acids is 1. The number of halogens is 3. The van der Waals surface area contributed by atoms with E-state index < -0.39 is 12.1 Å². The van der Waals surface area contributed by atoms with E-state index in [1.54, 1.807) is 7.11 Å². The predicted molar refractivity (Wildman–Crippen MR) is 120 cm³/mol. The first-order valence-corrected chi connectivity index (χ1v) is 11.4. The number of nitrogens with zero attached hydrogens (tertiary/aromatic N) is 2. The van der Waals surface area contributed by atoms with E-state index in [1.165, 1.54) is 15.3 Å². The van der Waals surface area contributed by atoms with Gasteiger partial charge in [0.15, 0.2) is 0 Å². The van der Waals surface area contributed by atoms with E-state index >= 15 is 0 Å². The molecule has 1 fully saturated rings. The maximum absolute atomic E-state index is 13.4. The standard InChI is InChI=1S/C21H26N2O2S.C2HF3O2/c1-16-7-8-17(26-16)15-22-11-9-21(10-12-22)18-5-3-4-6-19(18)23(20(21)24)13-14-25-2;3-2(4,5)1(6)7/h3-8H,9-15H2,1-2H3;(H,6,7). The predicted octanol–water partition coefficient (Wildman–Crippen LogP) is 4.22.